The maximum atomic E-state index is 12.3. The average molecular weight is 242 g/mol. The van der Waals surface area contributed by atoms with Gasteiger partial charge in [-0.3, -0.25) is 9.59 Å². The molecule has 2 rings (SSSR count). The first kappa shape index (κ1) is 12.3. The van der Waals surface area contributed by atoms with E-state index in [9.17, 15) is 9.59 Å². The van der Waals surface area contributed by atoms with Gasteiger partial charge in [0.25, 0.3) is 0 Å². The lowest BCUT2D eigenvalue weighted by atomic mass is 10.0. The Bertz CT molecular complexity index is 317. The van der Waals surface area contributed by atoms with Crippen molar-refractivity contribution in [2.24, 2.45) is 5.92 Å². The summed E-state index contributed by atoms with van der Waals surface area (Å²) in [5.41, 5.74) is 0. The van der Waals surface area contributed by atoms with Crippen molar-refractivity contribution in [1.29, 1.82) is 0 Å². The molecule has 1 saturated heterocycles. The van der Waals surface area contributed by atoms with Crippen molar-refractivity contribution < 1.29 is 19.4 Å². The van der Waals surface area contributed by atoms with Crippen LogP contribution < -0.4 is 5.32 Å². The maximum Gasteiger partial charge on any atom is 0.323 e. The van der Waals surface area contributed by atoms with Gasteiger partial charge in [-0.05, 0) is 19.9 Å². The van der Waals surface area contributed by atoms with E-state index in [1.807, 2.05) is 0 Å². The molecular formula is C11H18N2O4. The minimum Gasteiger partial charge on any atom is -0.480 e. The van der Waals surface area contributed by atoms with Crippen molar-refractivity contribution in [2.75, 3.05) is 26.8 Å². The third kappa shape index (κ3) is 2.76. The first-order chi connectivity index (χ1) is 8.13. The van der Waals surface area contributed by atoms with Gasteiger partial charge in [0, 0.05) is 12.1 Å². The van der Waals surface area contributed by atoms with Gasteiger partial charge >= 0.3 is 5.97 Å². The zero-order chi connectivity index (χ0) is 12.4. The second-order valence-electron chi connectivity index (χ2n) is 4.63. The molecule has 6 heteroatoms. The topological polar surface area (TPSA) is 78.9 Å². The molecule has 2 fully saturated rings. The molecule has 2 aliphatic rings. The number of hydrogen-bond donors (Lipinski definition) is 2. The van der Waals surface area contributed by atoms with Gasteiger partial charge in [0.1, 0.15) is 6.54 Å². The van der Waals surface area contributed by atoms with Crippen LogP contribution in [0.3, 0.4) is 0 Å². The first-order valence-corrected chi connectivity index (χ1v) is 5.90. The van der Waals surface area contributed by atoms with Crippen LogP contribution in [0, 0.1) is 5.92 Å². The van der Waals surface area contributed by atoms with Crippen molar-refractivity contribution in [2.45, 2.75) is 24.9 Å². The number of ether oxygens (including phenoxy) is 1. The lowest BCUT2D eigenvalue weighted by molar-refractivity contribution is -0.147. The number of nitrogens with zero attached hydrogens (tertiary/aromatic N) is 1. The minimum absolute atomic E-state index is 0.00227. The molecule has 0 aromatic heterocycles. The molecule has 17 heavy (non-hydrogen) atoms. The number of carbonyl (C=O) groups is 2. The van der Waals surface area contributed by atoms with Gasteiger partial charge in [-0.15, -0.1) is 0 Å². The van der Waals surface area contributed by atoms with E-state index in [1.54, 1.807) is 7.05 Å². The Morgan fingerprint density at radius 2 is 2.12 bits per heavy atom. The quantitative estimate of drug-likeness (QED) is 0.666. The van der Waals surface area contributed by atoms with Gasteiger partial charge < -0.3 is 20.1 Å². The van der Waals surface area contributed by atoms with E-state index in [-0.39, 0.29) is 30.5 Å². The van der Waals surface area contributed by atoms with E-state index in [0.29, 0.717) is 13.2 Å². The van der Waals surface area contributed by atoms with Crippen LogP contribution in [0.5, 0.6) is 0 Å². The highest BCUT2D eigenvalue weighted by Gasteiger charge is 2.41. The molecule has 2 atom stereocenters. The number of likely N-dealkylation sites (N-methyl/N-ethyl adjacent to an activating group) is 1. The van der Waals surface area contributed by atoms with E-state index < -0.39 is 5.97 Å². The molecule has 1 amide bonds. The van der Waals surface area contributed by atoms with Crippen molar-refractivity contribution >= 4 is 11.9 Å². The van der Waals surface area contributed by atoms with Gasteiger partial charge in [-0.25, -0.2) is 0 Å². The Balaban J connectivity index is 2.02. The molecule has 1 saturated carbocycles. The van der Waals surface area contributed by atoms with Gasteiger partial charge in [-0.1, -0.05) is 0 Å². The van der Waals surface area contributed by atoms with E-state index in [2.05, 4.69) is 5.32 Å². The highest BCUT2D eigenvalue weighted by atomic mass is 16.5. The second-order valence-corrected chi connectivity index (χ2v) is 4.63. The molecule has 6 nitrogen and oxygen atoms in total. The summed E-state index contributed by atoms with van der Waals surface area (Å²) in [6.45, 7) is 0.697. The maximum absolute atomic E-state index is 12.3. The number of carboxylic acid groups (broad SMARTS) is 1. The average Bonchev–Trinajstić information content (AvgIpc) is 3.02. The SMILES string of the molecule is CNC1COCC1C(=O)N(CC(=O)O)C1CC1. The predicted octanol–water partition coefficient (Wildman–Crippen LogP) is -0.704. The third-order valence-corrected chi connectivity index (χ3v) is 3.34. The van der Waals surface area contributed by atoms with Crippen LogP contribution in [0.15, 0.2) is 0 Å². The monoisotopic (exact) mass is 242 g/mol. The van der Waals surface area contributed by atoms with Crippen molar-refractivity contribution in [3.63, 3.8) is 0 Å². The van der Waals surface area contributed by atoms with E-state index in [1.165, 1.54) is 4.90 Å². The standard InChI is InChI=1S/C11H18N2O4/c1-12-9-6-17-5-8(9)11(16)13(4-10(14)15)7-2-3-7/h7-9,12H,2-6H2,1H3,(H,14,15). The minimum atomic E-state index is -0.954. The Labute approximate surface area is 99.9 Å². The normalized spacial score (nSPS) is 28.1. The molecule has 0 spiro atoms. The molecule has 1 aliphatic heterocycles. The summed E-state index contributed by atoms with van der Waals surface area (Å²) in [7, 11) is 1.79. The summed E-state index contributed by atoms with van der Waals surface area (Å²) in [4.78, 5) is 24.5. The highest BCUT2D eigenvalue weighted by molar-refractivity contribution is 5.84. The number of rotatable bonds is 5. The predicted molar refractivity (Wildman–Crippen MR) is 59.5 cm³/mol. The highest BCUT2D eigenvalue weighted by Crippen LogP contribution is 2.29. The zero-order valence-corrected chi connectivity index (χ0v) is 9.89. The molecule has 0 aromatic rings. The summed E-state index contributed by atoms with van der Waals surface area (Å²) < 4.78 is 5.28. The lowest BCUT2D eigenvalue weighted by Gasteiger charge is -2.25. The van der Waals surface area contributed by atoms with Crippen LogP contribution in [-0.4, -0.2) is 60.8 Å². The molecule has 1 aliphatic carbocycles. The van der Waals surface area contributed by atoms with Crippen molar-refractivity contribution in [1.82, 2.24) is 10.2 Å². The summed E-state index contributed by atoms with van der Waals surface area (Å²) in [5.74, 6) is -1.29. The smallest absolute Gasteiger partial charge is 0.323 e. The Kier molecular flexibility index (Phi) is 3.63. The fourth-order valence-corrected chi connectivity index (χ4v) is 2.21. The van der Waals surface area contributed by atoms with Crippen LogP contribution in [-0.2, 0) is 14.3 Å². The van der Waals surface area contributed by atoms with Gasteiger partial charge in [0.15, 0.2) is 0 Å². The molecule has 2 unspecified atom stereocenters. The van der Waals surface area contributed by atoms with E-state index in [0.717, 1.165) is 12.8 Å². The van der Waals surface area contributed by atoms with Gasteiger partial charge in [0.2, 0.25) is 5.91 Å². The van der Waals surface area contributed by atoms with E-state index >= 15 is 0 Å². The number of aliphatic carboxylic acids is 1. The van der Waals surface area contributed by atoms with Crippen LogP contribution in [0.25, 0.3) is 0 Å². The third-order valence-electron chi connectivity index (χ3n) is 3.34. The fourth-order valence-electron chi connectivity index (χ4n) is 2.21. The molecule has 1 heterocycles. The summed E-state index contributed by atoms with van der Waals surface area (Å²) >= 11 is 0. The van der Waals surface area contributed by atoms with E-state index in [4.69, 9.17) is 9.84 Å². The Morgan fingerprint density at radius 3 is 2.65 bits per heavy atom. The zero-order valence-electron chi connectivity index (χ0n) is 9.89. The Hall–Kier alpha value is -1.14. The van der Waals surface area contributed by atoms with Gasteiger partial charge in [0.05, 0.1) is 19.1 Å². The van der Waals surface area contributed by atoms with Crippen molar-refractivity contribution in [3.05, 3.63) is 0 Å². The number of nitrogens with one attached hydrogen (secondary N) is 1. The number of hydrogen-bond acceptors (Lipinski definition) is 4. The number of carboxylic acids is 1. The molecule has 96 valence electrons. The molecular weight excluding hydrogens is 224 g/mol. The van der Waals surface area contributed by atoms with Crippen LogP contribution >= 0.6 is 0 Å². The second kappa shape index (κ2) is 5.01. The molecule has 0 radical (unpaired) electrons. The summed E-state index contributed by atoms with van der Waals surface area (Å²) in [5, 5.41) is 11.9. The molecule has 0 bridgehead atoms. The molecule has 0 aromatic carbocycles. The largest absolute Gasteiger partial charge is 0.480 e. The lowest BCUT2D eigenvalue weighted by Crippen LogP contribution is -2.47. The Morgan fingerprint density at radius 1 is 1.41 bits per heavy atom. The fraction of sp³-hybridized carbons (Fsp3) is 0.818. The van der Waals surface area contributed by atoms with Crippen LogP contribution in [0.1, 0.15) is 12.8 Å². The van der Waals surface area contributed by atoms with Crippen LogP contribution in [0.2, 0.25) is 0 Å². The summed E-state index contributed by atoms with van der Waals surface area (Å²) in [6, 6.07) is 0.120. The van der Waals surface area contributed by atoms with Crippen molar-refractivity contribution in [3.8, 4) is 0 Å². The summed E-state index contributed by atoms with van der Waals surface area (Å²) in [6.07, 6.45) is 1.83. The first-order valence-electron chi connectivity index (χ1n) is 5.90. The molecule has 2 N–H and O–H groups in total. The number of carbonyl (C=O) groups excluding carboxylic acids is 1. The van der Waals surface area contributed by atoms with Gasteiger partial charge in [-0.2, -0.15) is 0 Å². The number of amides is 1. The van der Waals surface area contributed by atoms with Crippen LogP contribution in [0.4, 0.5) is 0 Å².